The van der Waals surface area contributed by atoms with Crippen LogP contribution < -0.4 is 0 Å². The van der Waals surface area contributed by atoms with E-state index < -0.39 is 0 Å². The van der Waals surface area contributed by atoms with Gasteiger partial charge in [0.15, 0.2) is 11.1 Å². The molecule has 0 atom stereocenters. The van der Waals surface area contributed by atoms with Gasteiger partial charge in [0, 0.05) is 7.05 Å². The van der Waals surface area contributed by atoms with Gasteiger partial charge in [-0.05, 0) is 22.9 Å². The van der Waals surface area contributed by atoms with Crippen molar-refractivity contribution < 1.29 is 4.52 Å². The van der Waals surface area contributed by atoms with Gasteiger partial charge in [-0.2, -0.15) is 4.98 Å². The topological polar surface area (TPSA) is 56.7 Å². The number of hydrogen-bond acceptors (Lipinski definition) is 4. The van der Waals surface area contributed by atoms with Crippen LogP contribution in [0.2, 0.25) is 0 Å². The van der Waals surface area contributed by atoms with Gasteiger partial charge in [0.2, 0.25) is 0 Å². The Kier molecular flexibility index (Phi) is 1.91. The highest BCUT2D eigenvalue weighted by Crippen LogP contribution is 2.23. The second kappa shape index (κ2) is 2.95. The molecule has 0 fully saturated rings. The average Bonchev–Trinajstić information content (AvgIpc) is 2.63. The van der Waals surface area contributed by atoms with Crippen LogP contribution in [0.15, 0.2) is 15.6 Å². The molecule has 2 aromatic heterocycles. The van der Waals surface area contributed by atoms with Crippen LogP contribution in [0.5, 0.6) is 0 Å². The smallest absolute Gasteiger partial charge is 0.276 e. The molecule has 0 saturated carbocycles. The molecular weight excluding hydrogens is 236 g/mol. The fourth-order valence-corrected chi connectivity index (χ4v) is 1.62. The summed E-state index contributed by atoms with van der Waals surface area (Å²) in [6.07, 6.45) is 1.37. The van der Waals surface area contributed by atoms with Crippen molar-refractivity contribution in [3.05, 3.63) is 16.8 Å². The Morgan fingerprint density at radius 3 is 2.77 bits per heavy atom. The van der Waals surface area contributed by atoms with E-state index in [2.05, 4.69) is 31.1 Å². The van der Waals surface area contributed by atoms with Crippen molar-refractivity contribution in [1.82, 2.24) is 19.7 Å². The minimum atomic E-state index is 0.484. The number of rotatable bonds is 1. The lowest BCUT2D eigenvalue weighted by Gasteiger charge is -1.97. The van der Waals surface area contributed by atoms with Gasteiger partial charge < -0.3 is 9.09 Å². The normalized spacial score (nSPS) is 10.7. The summed E-state index contributed by atoms with van der Waals surface area (Å²) in [5.74, 6) is 0.484. The van der Waals surface area contributed by atoms with E-state index in [9.17, 15) is 0 Å². The molecule has 0 aromatic carbocycles. The van der Waals surface area contributed by atoms with Gasteiger partial charge in [-0.15, -0.1) is 0 Å². The van der Waals surface area contributed by atoms with E-state index in [1.54, 1.807) is 0 Å². The molecule has 5 nitrogen and oxygen atoms in total. The maximum atomic E-state index is 4.95. The van der Waals surface area contributed by atoms with Crippen molar-refractivity contribution in [2.24, 2.45) is 7.05 Å². The molecule has 0 radical (unpaired) electrons. The molecule has 0 unspecified atom stereocenters. The lowest BCUT2D eigenvalue weighted by Crippen LogP contribution is -1.92. The minimum Gasteiger partial charge on any atom is -0.333 e. The number of halogens is 1. The van der Waals surface area contributed by atoms with E-state index in [-0.39, 0.29) is 0 Å². The molecule has 0 aliphatic heterocycles. The second-order valence-electron chi connectivity index (χ2n) is 2.62. The summed E-state index contributed by atoms with van der Waals surface area (Å²) in [7, 11) is 1.88. The molecule has 0 aliphatic rings. The van der Waals surface area contributed by atoms with E-state index in [0.29, 0.717) is 5.89 Å². The van der Waals surface area contributed by atoms with Gasteiger partial charge >= 0.3 is 0 Å². The summed E-state index contributed by atoms with van der Waals surface area (Å²) in [6.45, 7) is 1.89. The highest BCUT2D eigenvalue weighted by atomic mass is 79.9. The van der Waals surface area contributed by atoms with Crippen LogP contribution in [0.4, 0.5) is 0 Å². The van der Waals surface area contributed by atoms with Crippen molar-refractivity contribution in [2.75, 3.05) is 0 Å². The number of aromatic nitrogens is 4. The Hall–Kier alpha value is -1.17. The first-order chi connectivity index (χ1) is 6.20. The lowest BCUT2D eigenvalue weighted by molar-refractivity contribution is 0.427. The molecule has 0 bridgehead atoms. The quantitative estimate of drug-likeness (QED) is 0.762. The third-order valence-electron chi connectivity index (χ3n) is 1.78. The van der Waals surface area contributed by atoms with E-state index in [0.717, 1.165) is 16.1 Å². The Balaban J connectivity index is 2.64. The molecule has 0 amide bonds. The number of nitrogens with zero attached hydrogens (tertiary/aromatic N) is 4. The van der Waals surface area contributed by atoms with Crippen LogP contribution in [0.25, 0.3) is 11.6 Å². The summed E-state index contributed by atoms with van der Waals surface area (Å²) < 4.78 is 7.55. The van der Waals surface area contributed by atoms with Crippen LogP contribution >= 0.6 is 15.9 Å². The van der Waals surface area contributed by atoms with Crippen molar-refractivity contribution in [3.63, 3.8) is 0 Å². The van der Waals surface area contributed by atoms with Crippen LogP contribution in [-0.2, 0) is 7.05 Å². The van der Waals surface area contributed by atoms with Crippen LogP contribution in [0.1, 0.15) is 5.69 Å². The highest BCUT2D eigenvalue weighted by Gasteiger charge is 2.15. The van der Waals surface area contributed by atoms with Crippen molar-refractivity contribution in [2.45, 2.75) is 6.92 Å². The van der Waals surface area contributed by atoms with Crippen LogP contribution in [0.3, 0.4) is 0 Å². The first kappa shape index (κ1) is 8.43. The third kappa shape index (κ3) is 1.27. The maximum absolute atomic E-state index is 4.95. The highest BCUT2D eigenvalue weighted by molar-refractivity contribution is 9.10. The fraction of sp³-hybridized carbons (Fsp3) is 0.286. The molecule has 2 aromatic rings. The zero-order valence-electron chi connectivity index (χ0n) is 7.15. The van der Waals surface area contributed by atoms with Crippen LogP contribution in [-0.4, -0.2) is 19.7 Å². The Labute approximate surface area is 82.9 Å². The monoisotopic (exact) mass is 242 g/mol. The van der Waals surface area contributed by atoms with Gasteiger partial charge in [0.05, 0.1) is 5.69 Å². The largest absolute Gasteiger partial charge is 0.333 e. The van der Waals surface area contributed by atoms with E-state index in [1.165, 1.54) is 6.33 Å². The van der Waals surface area contributed by atoms with Crippen LogP contribution in [0, 0.1) is 6.92 Å². The van der Waals surface area contributed by atoms with Crippen molar-refractivity contribution >= 4 is 15.9 Å². The summed E-state index contributed by atoms with van der Waals surface area (Å²) in [4.78, 5) is 8.18. The Morgan fingerprint density at radius 2 is 2.31 bits per heavy atom. The molecule has 2 heterocycles. The zero-order valence-corrected chi connectivity index (χ0v) is 8.74. The Morgan fingerprint density at radius 1 is 1.54 bits per heavy atom. The van der Waals surface area contributed by atoms with E-state index in [1.807, 2.05) is 18.5 Å². The summed E-state index contributed by atoms with van der Waals surface area (Å²) in [6, 6.07) is 0. The minimum absolute atomic E-state index is 0.484. The molecule has 0 aliphatic carbocycles. The summed E-state index contributed by atoms with van der Waals surface area (Å²) in [5, 5.41) is 3.55. The van der Waals surface area contributed by atoms with Gasteiger partial charge in [-0.3, -0.25) is 0 Å². The molecule has 0 saturated heterocycles. The van der Waals surface area contributed by atoms with Crippen molar-refractivity contribution in [1.29, 1.82) is 0 Å². The number of hydrogen-bond donors (Lipinski definition) is 0. The molecule has 0 N–H and O–H groups in total. The van der Waals surface area contributed by atoms with Crippen molar-refractivity contribution in [3.8, 4) is 11.6 Å². The van der Waals surface area contributed by atoms with Gasteiger partial charge in [0.1, 0.15) is 5.69 Å². The molecule has 68 valence electrons. The molecule has 13 heavy (non-hydrogen) atoms. The number of imidazole rings is 1. The SMILES string of the molecule is Cc1nc(Br)n(C)c1-c1ncno1. The summed E-state index contributed by atoms with van der Waals surface area (Å²) >= 11 is 3.31. The molecule has 0 spiro atoms. The average molecular weight is 243 g/mol. The standard InChI is InChI=1S/C7H7BrN4O/c1-4-5(6-9-3-10-13-6)12(2)7(8)11-4/h3H,1-2H3. The van der Waals surface area contributed by atoms with Gasteiger partial charge in [0.25, 0.3) is 5.89 Å². The lowest BCUT2D eigenvalue weighted by atomic mass is 10.3. The number of aryl methyl sites for hydroxylation is 1. The predicted octanol–water partition coefficient (Wildman–Crippen LogP) is 1.54. The third-order valence-corrected chi connectivity index (χ3v) is 2.49. The summed E-state index contributed by atoms with van der Waals surface area (Å²) in [5.41, 5.74) is 1.70. The fourth-order valence-electron chi connectivity index (χ4n) is 1.18. The Bertz CT molecular complexity index is 420. The molecular formula is C7H7BrN4O. The molecule has 2 rings (SSSR count). The predicted molar refractivity (Wildman–Crippen MR) is 48.9 cm³/mol. The van der Waals surface area contributed by atoms with E-state index in [4.69, 9.17) is 4.52 Å². The second-order valence-corrected chi connectivity index (χ2v) is 3.33. The first-order valence-corrected chi connectivity index (χ1v) is 4.45. The van der Waals surface area contributed by atoms with Gasteiger partial charge in [-0.25, -0.2) is 4.98 Å². The zero-order chi connectivity index (χ0) is 9.42. The van der Waals surface area contributed by atoms with E-state index >= 15 is 0 Å². The van der Waals surface area contributed by atoms with Gasteiger partial charge in [-0.1, -0.05) is 5.16 Å². The molecule has 6 heteroatoms. The first-order valence-electron chi connectivity index (χ1n) is 3.66. The maximum Gasteiger partial charge on any atom is 0.276 e.